The Morgan fingerprint density at radius 1 is 0.360 bits per heavy atom. The van der Waals surface area contributed by atoms with Crippen LogP contribution in [0.5, 0.6) is 0 Å². The molecule has 0 heterocycles. The molecule has 0 aromatic rings. The number of phosphoric acid groups is 2. The van der Waals surface area contributed by atoms with Gasteiger partial charge in [0, 0.05) is 25.7 Å². The van der Waals surface area contributed by atoms with Crippen LogP contribution < -0.4 is 0 Å². The van der Waals surface area contributed by atoms with E-state index in [-0.39, 0.29) is 25.7 Å². The summed E-state index contributed by atoms with van der Waals surface area (Å²) in [7, 11) is -9.90. The van der Waals surface area contributed by atoms with E-state index >= 15 is 0 Å². The first-order valence-corrected chi connectivity index (χ1v) is 37.4. The molecule has 0 spiro atoms. The number of hydrogen-bond acceptors (Lipinski definition) is 15. The molecule has 86 heavy (non-hydrogen) atoms. The summed E-state index contributed by atoms with van der Waals surface area (Å²) in [5, 5.41) is 10.5. The lowest BCUT2D eigenvalue weighted by Crippen LogP contribution is -2.30. The molecule has 0 amide bonds. The number of unbranched alkanes of at least 4 members (excludes halogenated alkanes) is 34. The maximum absolute atomic E-state index is 13.0. The summed E-state index contributed by atoms with van der Waals surface area (Å²) < 4.78 is 68.0. The first-order valence-electron chi connectivity index (χ1n) is 34.5. The molecule has 5 atom stereocenters. The molecule has 0 aliphatic heterocycles. The summed E-state index contributed by atoms with van der Waals surface area (Å²) in [5.41, 5.74) is 0. The number of aliphatic hydroxyl groups is 1. The lowest BCUT2D eigenvalue weighted by Gasteiger charge is -2.21. The van der Waals surface area contributed by atoms with Crippen molar-refractivity contribution in [2.45, 2.75) is 335 Å². The molecule has 0 aromatic carbocycles. The predicted octanol–water partition coefficient (Wildman–Crippen LogP) is 18.5. The van der Waals surface area contributed by atoms with Gasteiger partial charge >= 0.3 is 39.5 Å². The van der Waals surface area contributed by atoms with E-state index < -0.39 is 97.5 Å². The van der Waals surface area contributed by atoms with Crippen molar-refractivity contribution in [2.24, 2.45) is 5.92 Å². The first-order chi connectivity index (χ1) is 41.5. The molecule has 0 saturated heterocycles. The van der Waals surface area contributed by atoms with Crippen molar-refractivity contribution in [3.05, 3.63) is 24.3 Å². The van der Waals surface area contributed by atoms with E-state index in [2.05, 4.69) is 58.9 Å². The van der Waals surface area contributed by atoms with Crippen molar-refractivity contribution in [3.8, 4) is 0 Å². The fourth-order valence-corrected chi connectivity index (χ4v) is 11.2. The number of esters is 4. The van der Waals surface area contributed by atoms with Gasteiger partial charge < -0.3 is 33.8 Å². The average molecular weight is 1270 g/mol. The van der Waals surface area contributed by atoms with Gasteiger partial charge in [0.15, 0.2) is 12.2 Å². The molecule has 0 aromatic heterocycles. The number of allylic oxidation sites excluding steroid dienone is 4. The maximum atomic E-state index is 13.0. The molecule has 0 bridgehead atoms. The van der Waals surface area contributed by atoms with Crippen LogP contribution in [-0.4, -0.2) is 96.7 Å². The van der Waals surface area contributed by atoms with E-state index in [4.69, 9.17) is 37.0 Å². The van der Waals surface area contributed by atoms with Crippen LogP contribution in [0, 0.1) is 5.92 Å². The number of phosphoric ester groups is 2. The Morgan fingerprint density at radius 2 is 0.628 bits per heavy atom. The minimum absolute atomic E-state index is 0.0852. The molecule has 2 unspecified atom stereocenters. The van der Waals surface area contributed by atoms with Crippen molar-refractivity contribution in [1.29, 1.82) is 0 Å². The van der Waals surface area contributed by atoms with Gasteiger partial charge in [-0.05, 0) is 57.3 Å². The van der Waals surface area contributed by atoms with Crippen molar-refractivity contribution in [1.82, 2.24) is 0 Å². The summed E-state index contributed by atoms with van der Waals surface area (Å²) in [6.45, 7) is 7.08. The van der Waals surface area contributed by atoms with Crippen LogP contribution in [0.1, 0.15) is 317 Å². The third-order valence-electron chi connectivity index (χ3n) is 14.9. The third-order valence-corrected chi connectivity index (χ3v) is 16.8. The average Bonchev–Trinajstić information content (AvgIpc) is 3.65. The van der Waals surface area contributed by atoms with Crippen LogP contribution in [0.2, 0.25) is 0 Å². The largest absolute Gasteiger partial charge is 0.472 e. The van der Waals surface area contributed by atoms with Crippen molar-refractivity contribution < 1.29 is 80.2 Å². The topological polar surface area (TPSA) is 237 Å². The van der Waals surface area contributed by atoms with Gasteiger partial charge in [0.2, 0.25) is 0 Å². The molecule has 0 aliphatic carbocycles. The summed E-state index contributed by atoms with van der Waals surface area (Å²) in [5.74, 6) is -1.44. The Labute approximate surface area is 522 Å². The zero-order chi connectivity index (χ0) is 63.5. The number of carbonyl (C=O) groups is 4. The molecule has 0 radical (unpaired) electrons. The number of ether oxygens (including phenoxy) is 4. The minimum atomic E-state index is -4.96. The van der Waals surface area contributed by atoms with Gasteiger partial charge in [-0.25, -0.2) is 9.13 Å². The Balaban J connectivity index is 5.27. The zero-order valence-electron chi connectivity index (χ0n) is 54.9. The van der Waals surface area contributed by atoms with E-state index in [0.717, 1.165) is 115 Å². The van der Waals surface area contributed by atoms with Gasteiger partial charge in [-0.3, -0.25) is 37.3 Å². The Kier molecular flexibility index (Phi) is 58.4. The lowest BCUT2D eigenvalue weighted by atomic mass is 10.0. The normalized spacial score (nSPS) is 14.3. The SMILES string of the molecule is CCCCCC/C=C\C=C/CCCCCCCC(=O)O[C@H](COC(=O)CCCCCCCCCCCCCC)COP(=O)(O)OC[C@@H](O)COP(=O)(O)OC[C@@H](COC(=O)CCCCCCCCCC)OC(=O)CCCCCCCCCCC(C)C. The second kappa shape index (κ2) is 60.1. The molecule has 17 nitrogen and oxygen atoms in total. The summed E-state index contributed by atoms with van der Waals surface area (Å²) in [4.78, 5) is 72.3. The second-order valence-electron chi connectivity index (χ2n) is 24.0. The zero-order valence-corrected chi connectivity index (χ0v) is 56.7. The number of hydrogen-bond donors (Lipinski definition) is 3. The van der Waals surface area contributed by atoms with Crippen molar-refractivity contribution in [3.63, 3.8) is 0 Å². The molecular weight excluding hydrogens is 1140 g/mol. The highest BCUT2D eigenvalue weighted by Crippen LogP contribution is 2.45. The highest BCUT2D eigenvalue weighted by Gasteiger charge is 2.30. The van der Waals surface area contributed by atoms with E-state index in [0.29, 0.717) is 25.7 Å². The highest BCUT2D eigenvalue weighted by atomic mass is 31.2. The second-order valence-corrected chi connectivity index (χ2v) is 26.9. The van der Waals surface area contributed by atoms with Gasteiger partial charge in [-0.2, -0.15) is 0 Å². The van der Waals surface area contributed by atoms with E-state index in [1.54, 1.807) is 0 Å². The highest BCUT2D eigenvalue weighted by molar-refractivity contribution is 7.47. The molecule has 506 valence electrons. The molecule has 3 N–H and O–H groups in total. The molecule has 0 rings (SSSR count). The molecule has 0 fully saturated rings. The molecule has 0 saturated carbocycles. The van der Waals surface area contributed by atoms with Gasteiger partial charge in [0.1, 0.15) is 19.3 Å². The van der Waals surface area contributed by atoms with Crippen LogP contribution in [0.4, 0.5) is 0 Å². The van der Waals surface area contributed by atoms with Crippen LogP contribution >= 0.6 is 15.6 Å². The van der Waals surface area contributed by atoms with E-state index in [1.165, 1.54) is 122 Å². The van der Waals surface area contributed by atoms with Crippen LogP contribution in [0.15, 0.2) is 24.3 Å². The smallest absolute Gasteiger partial charge is 0.462 e. The fraction of sp³-hybridized carbons (Fsp3) is 0.881. The van der Waals surface area contributed by atoms with Gasteiger partial charge in [-0.1, -0.05) is 264 Å². The van der Waals surface area contributed by atoms with E-state index in [9.17, 15) is 43.2 Å². The van der Waals surface area contributed by atoms with Crippen LogP contribution in [0.25, 0.3) is 0 Å². The Bertz CT molecular complexity index is 1760. The number of rotatable bonds is 65. The first kappa shape index (κ1) is 83.5. The number of carbonyl (C=O) groups excluding carboxylic acids is 4. The van der Waals surface area contributed by atoms with Crippen molar-refractivity contribution >= 4 is 39.5 Å². The molecule has 0 aliphatic rings. The fourth-order valence-electron chi connectivity index (χ4n) is 9.57. The van der Waals surface area contributed by atoms with Gasteiger partial charge in [0.05, 0.1) is 26.4 Å². The monoisotopic (exact) mass is 1260 g/mol. The van der Waals surface area contributed by atoms with Crippen molar-refractivity contribution in [2.75, 3.05) is 39.6 Å². The van der Waals surface area contributed by atoms with Crippen LogP contribution in [-0.2, 0) is 65.4 Å². The standard InChI is InChI=1S/C67H126O17P2/c1-6-9-12-15-18-21-23-25-26-27-29-31-37-42-47-52-66(71)83-63(57-78-65(70)51-46-41-36-30-28-24-22-19-16-13-10-7-2)59-82-86(75,76)80-55-61(68)54-79-85(73,74)81-58-62(56-77-64(69)50-45-40-35-20-17-14-11-8-3)84-67(72)53-48-43-38-33-32-34-39-44-49-60(4)5/h21,23,25-26,60-63,68H,6-20,22,24,27-59H2,1-5H3,(H,73,74)(H,75,76)/b23-21-,26-25-/t61-,62+,63+/m0/s1. The Hall–Kier alpha value is -2.46. The predicted molar refractivity (Wildman–Crippen MR) is 344 cm³/mol. The summed E-state index contributed by atoms with van der Waals surface area (Å²) in [6.07, 6.45) is 48.0. The quantitative estimate of drug-likeness (QED) is 0.0169. The third kappa shape index (κ3) is 60.5. The van der Waals surface area contributed by atoms with Gasteiger partial charge in [0.25, 0.3) is 0 Å². The van der Waals surface area contributed by atoms with Gasteiger partial charge in [-0.15, -0.1) is 0 Å². The summed E-state index contributed by atoms with van der Waals surface area (Å²) >= 11 is 0. The number of aliphatic hydroxyl groups excluding tert-OH is 1. The minimum Gasteiger partial charge on any atom is -0.462 e. The van der Waals surface area contributed by atoms with E-state index in [1.807, 2.05) is 0 Å². The molecular formula is C67H126O17P2. The maximum Gasteiger partial charge on any atom is 0.472 e. The Morgan fingerprint density at radius 3 is 0.953 bits per heavy atom. The van der Waals surface area contributed by atoms with Crippen LogP contribution in [0.3, 0.4) is 0 Å². The summed E-state index contributed by atoms with van der Waals surface area (Å²) in [6, 6.07) is 0. The lowest BCUT2D eigenvalue weighted by molar-refractivity contribution is -0.161. The molecule has 19 heteroatoms.